The van der Waals surface area contributed by atoms with Crippen LogP contribution in [-0.4, -0.2) is 32.1 Å². The summed E-state index contributed by atoms with van der Waals surface area (Å²) in [6.07, 6.45) is 1.04. The number of amides is 1. The molecule has 0 fully saturated rings. The van der Waals surface area contributed by atoms with Gasteiger partial charge in [0, 0.05) is 6.92 Å². The summed E-state index contributed by atoms with van der Waals surface area (Å²) >= 11 is 0. The highest BCUT2D eigenvalue weighted by Crippen LogP contribution is 1.92. The van der Waals surface area contributed by atoms with Gasteiger partial charge >= 0.3 is 5.97 Å². The Hall–Kier alpha value is -1.92. The van der Waals surface area contributed by atoms with E-state index in [-0.39, 0.29) is 5.69 Å². The van der Waals surface area contributed by atoms with Crippen LogP contribution in [0.5, 0.6) is 0 Å². The zero-order valence-corrected chi connectivity index (χ0v) is 6.18. The molecule has 0 aliphatic heterocycles. The molecule has 12 heavy (non-hydrogen) atoms. The Morgan fingerprint density at radius 3 is 2.83 bits per heavy atom. The van der Waals surface area contributed by atoms with Crippen LogP contribution in [-0.2, 0) is 4.79 Å². The third-order valence-corrected chi connectivity index (χ3v) is 1.03. The Labute approximate surface area is 67.0 Å². The minimum Gasteiger partial charge on any atom is -0.476 e. The quantitative estimate of drug-likeness (QED) is 0.597. The van der Waals surface area contributed by atoms with Gasteiger partial charge in [-0.25, -0.2) is 10.2 Å². The van der Waals surface area contributed by atoms with E-state index in [1.54, 1.807) is 0 Å². The van der Waals surface area contributed by atoms with E-state index < -0.39 is 11.9 Å². The molecule has 0 aliphatic rings. The van der Waals surface area contributed by atoms with Crippen LogP contribution in [0.2, 0.25) is 0 Å². The van der Waals surface area contributed by atoms with Crippen molar-refractivity contribution in [1.29, 1.82) is 0 Å². The number of carboxylic acid groups (broad SMARTS) is 1. The first-order chi connectivity index (χ1) is 5.61. The molecule has 64 valence electrons. The highest BCUT2D eigenvalue weighted by Gasteiger charge is 2.11. The van der Waals surface area contributed by atoms with E-state index >= 15 is 0 Å². The van der Waals surface area contributed by atoms with Crippen LogP contribution in [0, 0.1) is 0 Å². The number of hydrogen-bond donors (Lipinski definition) is 2. The molecule has 0 saturated heterocycles. The zero-order valence-electron chi connectivity index (χ0n) is 6.18. The maximum Gasteiger partial charge on any atom is 0.358 e. The fourth-order valence-electron chi connectivity index (χ4n) is 0.613. The van der Waals surface area contributed by atoms with Crippen LogP contribution in [0.25, 0.3) is 0 Å². The Morgan fingerprint density at radius 1 is 1.67 bits per heavy atom. The van der Waals surface area contributed by atoms with Gasteiger partial charge in [0.15, 0.2) is 5.69 Å². The fourth-order valence-corrected chi connectivity index (χ4v) is 0.613. The van der Waals surface area contributed by atoms with Gasteiger partial charge in [-0.15, -0.1) is 9.89 Å². The van der Waals surface area contributed by atoms with Gasteiger partial charge in [0.1, 0.15) is 0 Å². The smallest absolute Gasteiger partial charge is 0.358 e. The van der Waals surface area contributed by atoms with Crippen molar-refractivity contribution in [2.45, 2.75) is 6.92 Å². The van der Waals surface area contributed by atoms with E-state index in [2.05, 4.69) is 15.7 Å². The van der Waals surface area contributed by atoms with Gasteiger partial charge in [-0.05, 0) is 5.21 Å². The second-order valence-corrected chi connectivity index (χ2v) is 2.00. The van der Waals surface area contributed by atoms with Gasteiger partial charge in [0.2, 0.25) is 5.91 Å². The van der Waals surface area contributed by atoms with E-state index in [4.69, 9.17) is 5.11 Å². The number of aromatic carboxylic acids is 1. The Bertz CT molecular complexity index is 318. The van der Waals surface area contributed by atoms with Gasteiger partial charge in [0.05, 0.1) is 6.20 Å². The number of nitrogens with one attached hydrogen (secondary N) is 1. The van der Waals surface area contributed by atoms with Crippen molar-refractivity contribution < 1.29 is 14.7 Å². The molecule has 0 aliphatic carbocycles. The minimum atomic E-state index is -1.20. The normalized spacial score (nSPS) is 9.42. The summed E-state index contributed by atoms with van der Waals surface area (Å²) in [5, 5.41) is 15.2. The second-order valence-electron chi connectivity index (χ2n) is 2.00. The number of rotatable bonds is 2. The molecule has 0 aromatic carbocycles. The summed E-state index contributed by atoms with van der Waals surface area (Å²) in [7, 11) is 0. The minimum absolute atomic E-state index is 0.190. The molecule has 0 saturated carbocycles. The summed E-state index contributed by atoms with van der Waals surface area (Å²) in [5.74, 6) is -1.61. The molecule has 0 unspecified atom stereocenters. The average Bonchev–Trinajstić information content (AvgIpc) is 2.33. The number of nitrogens with zero attached hydrogens (tertiary/aromatic N) is 3. The van der Waals surface area contributed by atoms with Gasteiger partial charge in [-0.2, -0.15) is 0 Å². The lowest BCUT2D eigenvalue weighted by molar-refractivity contribution is -0.115. The van der Waals surface area contributed by atoms with Crippen LogP contribution in [0.1, 0.15) is 17.4 Å². The topological polar surface area (TPSA) is 97.1 Å². The van der Waals surface area contributed by atoms with Crippen molar-refractivity contribution >= 4 is 11.9 Å². The molecule has 0 spiro atoms. The monoisotopic (exact) mass is 170 g/mol. The molecule has 1 amide bonds. The summed E-state index contributed by atoms with van der Waals surface area (Å²) in [5.41, 5.74) is 1.97. The van der Waals surface area contributed by atoms with E-state index in [0.717, 1.165) is 11.0 Å². The first-order valence-electron chi connectivity index (χ1n) is 3.03. The van der Waals surface area contributed by atoms with Crippen LogP contribution < -0.4 is 5.43 Å². The first kappa shape index (κ1) is 8.18. The van der Waals surface area contributed by atoms with E-state index in [9.17, 15) is 9.59 Å². The van der Waals surface area contributed by atoms with Crippen molar-refractivity contribution in [2.75, 3.05) is 5.43 Å². The summed E-state index contributed by atoms with van der Waals surface area (Å²) in [4.78, 5) is 21.7. The van der Waals surface area contributed by atoms with Crippen LogP contribution in [0.4, 0.5) is 0 Å². The van der Waals surface area contributed by atoms with E-state index in [1.807, 2.05) is 0 Å². The maximum absolute atomic E-state index is 10.5. The average molecular weight is 170 g/mol. The molecule has 7 heteroatoms. The van der Waals surface area contributed by atoms with Gasteiger partial charge in [-0.3, -0.25) is 4.79 Å². The molecule has 1 rings (SSSR count). The lowest BCUT2D eigenvalue weighted by Crippen LogP contribution is -2.24. The summed E-state index contributed by atoms with van der Waals surface area (Å²) in [6.45, 7) is 1.24. The third-order valence-electron chi connectivity index (χ3n) is 1.03. The molecular weight excluding hydrogens is 164 g/mol. The van der Waals surface area contributed by atoms with E-state index in [0.29, 0.717) is 0 Å². The molecule has 0 bridgehead atoms. The molecule has 2 N–H and O–H groups in total. The second kappa shape index (κ2) is 2.99. The highest BCUT2D eigenvalue weighted by molar-refractivity contribution is 5.87. The van der Waals surface area contributed by atoms with Crippen LogP contribution >= 0.6 is 0 Å². The summed E-state index contributed by atoms with van der Waals surface area (Å²) < 4.78 is 0. The van der Waals surface area contributed by atoms with Crippen LogP contribution in [0.15, 0.2) is 6.20 Å². The largest absolute Gasteiger partial charge is 0.476 e. The predicted octanol–water partition coefficient (Wildman–Crippen LogP) is -0.934. The third kappa shape index (κ3) is 1.57. The van der Waals surface area contributed by atoms with Crippen molar-refractivity contribution in [3.05, 3.63) is 11.9 Å². The van der Waals surface area contributed by atoms with E-state index in [1.165, 1.54) is 6.92 Å². The molecule has 7 nitrogen and oxygen atoms in total. The molecule has 0 radical (unpaired) electrons. The highest BCUT2D eigenvalue weighted by atomic mass is 16.4. The lowest BCUT2D eigenvalue weighted by atomic mass is 10.5. The SMILES string of the molecule is CC(=O)Nn1nncc1C(=O)O. The van der Waals surface area contributed by atoms with Gasteiger partial charge in [-0.1, -0.05) is 0 Å². The Balaban J connectivity index is 2.91. The molecular formula is C5H6N4O3. The lowest BCUT2D eigenvalue weighted by Gasteiger charge is -2.00. The molecule has 1 aromatic heterocycles. The van der Waals surface area contributed by atoms with Crippen molar-refractivity contribution in [1.82, 2.24) is 15.1 Å². The van der Waals surface area contributed by atoms with Gasteiger partial charge < -0.3 is 5.11 Å². The standard InChI is InChI=1S/C5H6N4O3/c1-3(10)7-9-4(5(11)12)2-6-8-9/h2H,1H3,(H,7,10)(H,11,12). The maximum atomic E-state index is 10.5. The van der Waals surface area contributed by atoms with Crippen molar-refractivity contribution in [3.63, 3.8) is 0 Å². The number of carboxylic acids is 1. The zero-order chi connectivity index (χ0) is 9.14. The molecule has 1 aromatic rings. The first-order valence-corrected chi connectivity index (χ1v) is 3.03. The summed E-state index contributed by atoms with van der Waals surface area (Å²) in [6, 6.07) is 0. The van der Waals surface area contributed by atoms with Crippen molar-refractivity contribution in [3.8, 4) is 0 Å². The van der Waals surface area contributed by atoms with Crippen LogP contribution in [0.3, 0.4) is 0 Å². The number of carbonyl (C=O) groups excluding carboxylic acids is 1. The number of carbonyl (C=O) groups is 2. The fraction of sp³-hybridized carbons (Fsp3) is 0.200. The number of hydrogen-bond acceptors (Lipinski definition) is 4. The van der Waals surface area contributed by atoms with Crippen molar-refractivity contribution in [2.24, 2.45) is 0 Å². The number of aromatic nitrogens is 3. The molecule has 0 atom stereocenters. The Kier molecular flexibility index (Phi) is 2.04. The van der Waals surface area contributed by atoms with Gasteiger partial charge in [0.25, 0.3) is 0 Å². The Morgan fingerprint density at radius 2 is 2.33 bits per heavy atom. The predicted molar refractivity (Wildman–Crippen MR) is 37.0 cm³/mol. The molecule has 1 heterocycles.